The van der Waals surface area contributed by atoms with Crippen molar-refractivity contribution < 1.29 is 4.74 Å². The van der Waals surface area contributed by atoms with Crippen LogP contribution in [0.25, 0.3) is 21.6 Å². The van der Waals surface area contributed by atoms with Crippen LogP contribution in [0.1, 0.15) is 30.9 Å². The molecule has 1 aliphatic rings. The van der Waals surface area contributed by atoms with E-state index in [1.54, 1.807) is 36.6 Å². The summed E-state index contributed by atoms with van der Waals surface area (Å²) in [5, 5.41) is 3.88. The summed E-state index contributed by atoms with van der Waals surface area (Å²) >= 11 is 7.91. The minimum absolute atomic E-state index is 0.0707. The zero-order valence-corrected chi connectivity index (χ0v) is 14.1. The van der Waals surface area contributed by atoms with Gasteiger partial charge in [-0.1, -0.05) is 18.0 Å². The number of aromatic nitrogens is 2. The fourth-order valence-corrected chi connectivity index (χ4v) is 4.00. The van der Waals surface area contributed by atoms with E-state index in [-0.39, 0.29) is 5.43 Å². The van der Waals surface area contributed by atoms with Crippen LogP contribution in [0, 0.1) is 0 Å². The first-order valence-electron chi connectivity index (χ1n) is 7.52. The van der Waals surface area contributed by atoms with E-state index in [0.29, 0.717) is 33.3 Å². The smallest absolute Gasteiger partial charge is 0.190 e. The Kier molecular flexibility index (Phi) is 3.62. The molecule has 0 spiro atoms. The summed E-state index contributed by atoms with van der Waals surface area (Å²) in [5.74, 6) is 1.12. The number of H-pyrrole nitrogens is 1. The number of pyridine rings is 1. The van der Waals surface area contributed by atoms with Gasteiger partial charge >= 0.3 is 0 Å². The Bertz CT molecular complexity index is 943. The molecule has 0 saturated heterocycles. The minimum Gasteiger partial charge on any atom is -0.495 e. The average molecular weight is 347 g/mol. The van der Waals surface area contributed by atoms with Gasteiger partial charge in [0.2, 0.25) is 0 Å². The van der Waals surface area contributed by atoms with E-state index in [2.05, 4.69) is 10.4 Å². The van der Waals surface area contributed by atoms with Crippen LogP contribution < -0.4 is 10.2 Å². The third-order valence-electron chi connectivity index (χ3n) is 4.40. The molecule has 1 saturated carbocycles. The summed E-state index contributed by atoms with van der Waals surface area (Å²) in [4.78, 5) is 20.3. The molecule has 1 N–H and O–H groups in total. The molecule has 1 fully saturated rings. The van der Waals surface area contributed by atoms with Gasteiger partial charge in [-0.15, -0.1) is 11.3 Å². The van der Waals surface area contributed by atoms with Crippen molar-refractivity contribution in [2.45, 2.75) is 25.2 Å². The van der Waals surface area contributed by atoms with Crippen LogP contribution in [0.5, 0.6) is 5.75 Å². The van der Waals surface area contributed by atoms with Crippen molar-refractivity contribution in [3.8, 4) is 16.5 Å². The lowest BCUT2D eigenvalue weighted by molar-refractivity contribution is 0.413. The normalized spacial score (nSPS) is 14.9. The number of aromatic amines is 1. The Labute approximate surface area is 142 Å². The van der Waals surface area contributed by atoms with E-state index in [1.807, 2.05) is 0 Å². The van der Waals surface area contributed by atoms with Crippen molar-refractivity contribution in [1.29, 1.82) is 0 Å². The van der Waals surface area contributed by atoms with Crippen LogP contribution >= 0.6 is 22.9 Å². The van der Waals surface area contributed by atoms with Gasteiger partial charge in [-0.25, -0.2) is 4.98 Å². The van der Waals surface area contributed by atoms with Crippen molar-refractivity contribution in [1.82, 2.24) is 9.97 Å². The predicted octanol–water partition coefficient (Wildman–Crippen LogP) is 4.58. The van der Waals surface area contributed by atoms with Crippen LogP contribution in [0.4, 0.5) is 0 Å². The Balaban J connectivity index is 1.85. The summed E-state index contributed by atoms with van der Waals surface area (Å²) in [7, 11) is 1.56. The molecule has 4 rings (SSSR count). The van der Waals surface area contributed by atoms with E-state index in [1.165, 1.54) is 19.3 Å². The maximum absolute atomic E-state index is 12.4. The highest BCUT2D eigenvalue weighted by molar-refractivity contribution is 7.13. The standard InChI is InChI=1S/C17H15ClN2O2S/c1-22-14-6-5-10-13(21)7-11(19-16(10)15(14)18)17-20-12(8-23-17)9-3-2-4-9/h5-9H,2-4H2,1H3,(H,19,21). The van der Waals surface area contributed by atoms with Gasteiger partial charge in [-0.2, -0.15) is 0 Å². The number of halogens is 1. The predicted molar refractivity (Wildman–Crippen MR) is 93.8 cm³/mol. The zero-order valence-electron chi connectivity index (χ0n) is 12.6. The average Bonchev–Trinajstić information content (AvgIpc) is 2.96. The Hall–Kier alpha value is -1.85. The van der Waals surface area contributed by atoms with Gasteiger partial charge < -0.3 is 9.72 Å². The number of ether oxygens (including phenoxy) is 1. The zero-order chi connectivity index (χ0) is 16.0. The van der Waals surface area contributed by atoms with Crippen molar-refractivity contribution in [2.75, 3.05) is 7.11 Å². The van der Waals surface area contributed by atoms with E-state index in [4.69, 9.17) is 21.3 Å². The molecule has 0 amide bonds. The molecule has 0 aliphatic heterocycles. The SMILES string of the molecule is COc1ccc2c(=O)cc(-c3nc(C4CCC4)cs3)[nH]c2c1Cl. The number of thiazole rings is 1. The van der Waals surface area contributed by atoms with Crippen LogP contribution in [0.15, 0.2) is 28.4 Å². The largest absolute Gasteiger partial charge is 0.495 e. The van der Waals surface area contributed by atoms with Gasteiger partial charge in [0.1, 0.15) is 15.8 Å². The first-order valence-corrected chi connectivity index (χ1v) is 8.78. The third kappa shape index (κ3) is 2.44. The van der Waals surface area contributed by atoms with E-state index < -0.39 is 0 Å². The third-order valence-corrected chi connectivity index (χ3v) is 5.67. The second kappa shape index (κ2) is 5.65. The van der Waals surface area contributed by atoms with Gasteiger partial charge in [0.05, 0.1) is 24.0 Å². The molecule has 1 aromatic carbocycles. The maximum Gasteiger partial charge on any atom is 0.190 e. The van der Waals surface area contributed by atoms with Crippen molar-refractivity contribution in [3.05, 3.63) is 44.5 Å². The van der Waals surface area contributed by atoms with Crippen LogP contribution in [0.2, 0.25) is 5.02 Å². The lowest BCUT2D eigenvalue weighted by Crippen LogP contribution is -2.09. The highest BCUT2D eigenvalue weighted by Crippen LogP contribution is 2.38. The fraction of sp³-hybridized carbons (Fsp3) is 0.294. The molecular weight excluding hydrogens is 332 g/mol. The van der Waals surface area contributed by atoms with Crippen LogP contribution in [0.3, 0.4) is 0 Å². The quantitative estimate of drug-likeness (QED) is 0.755. The number of rotatable bonds is 3. The molecule has 1 aliphatic carbocycles. The van der Waals surface area contributed by atoms with Gasteiger partial charge in [0, 0.05) is 22.8 Å². The summed E-state index contributed by atoms with van der Waals surface area (Å²) in [6, 6.07) is 5.02. The second-order valence-corrected chi connectivity index (χ2v) is 6.99. The molecule has 0 unspecified atom stereocenters. The molecule has 4 nitrogen and oxygen atoms in total. The van der Waals surface area contributed by atoms with Crippen molar-refractivity contribution in [3.63, 3.8) is 0 Å². The lowest BCUT2D eigenvalue weighted by Gasteiger charge is -2.22. The Morgan fingerprint density at radius 3 is 2.91 bits per heavy atom. The molecule has 0 radical (unpaired) electrons. The monoisotopic (exact) mass is 346 g/mol. The summed E-state index contributed by atoms with van der Waals surface area (Å²) in [6.45, 7) is 0. The number of hydrogen-bond donors (Lipinski definition) is 1. The Morgan fingerprint density at radius 2 is 2.22 bits per heavy atom. The minimum atomic E-state index is -0.0707. The number of nitrogens with zero attached hydrogens (tertiary/aromatic N) is 1. The van der Waals surface area contributed by atoms with E-state index in [0.717, 1.165) is 10.7 Å². The molecule has 23 heavy (non-hydrogen) atoms. The van der Waals surface area contributed by atoms with Gasteiger partial charge in [-0.3, -0.25) is 4.79 Å². The number of fused-ring (bicyclic) bond motifs is 1. The van der Waals surface area contributed by atoms with Crippen molar-refractivity contribution >= 4 is 33.8 Å². The summed E-state index contributed by atoms with van der Waals surface area (Å²) in [6.07, 6.45) is 3.70. The van der Waals surface area contributed by atoms with Gasteiger partial charge in [-0.05, 0) is 25.0 Å². The van der Waals surface area contributed by atoms with Crippen LogP contribution in [-0.4, -0.2) is 17.1 Å². The van der Waals surface area contributed by atoms with Crippen LogP contribution in [-0.2, 0) is 0 Å². The fourth-order valence-electron chi connectivity index (χ4n) is 2.84. The van der Waals surface area contributed by atoms with E-state index in [9.17, 15) is 4.79 Å². The number of benzene rings is 1. The van der Waals surface area contributed by atoms with Crippen molar-refractivity contribution in [2.24, 2.45) is 0 Å². The molecular formula is C17H15ClN2O2S. The highest BCUT2D eigenvalue weighted by atomic mass is 35.5. The second-order valence-electron chi connectivity index (χ2n) is 5.76. The maximum atomic E-state index is 12.4. The Morgan fingerprint density at radius 1 is 1.39 bits per heavy atom. The summed E-state index contributed by atoms with van der Waals surface area (Å²) < 4.78 is 5.23. The number of hydrogen-bond acceptors (Lipinski definition) is 4. The summed E-state index contributed by atoms with van der Waals surface area (Å²) in [5.41, 5.74) is 2.36. The van der Waals surface area contributed by atoms with E-state index >= 15 is 0 Å². The lowest BCUT2D eigenvalue weighted by atomic mass is 9.83. The molecule has 2 heterocycles. The van der Waals surface area contributed by atoms with Gasteiger partial charge in [0.15, 0.2) is 5.43 Å². The molecule has 3 aromatic rings. The molecule has 0 bridgehead atoms. The topological polar surface area (TPSA) is 55.0 Å². The van der Waals surface area contributed by atoms with Gasteiger partial charge in [0.25, 0.3) is 0 Å². The number of nitrogens with one attached hydrogen (secondary N) is 1. The molecule has 0 atom stereocenters. The highest BCUT2D eigenvalue weighted by Gasteiger charge is 2.22. The molecule has 118 valence electrons. The first kappa shape index (κ1) is 14.7. The molecule has 6 heteroatoms. The first-order chi connectivity index (χ1) is 11.2. The number of methoxy groups -OCH3 is 1. The molecule has 2 aromatic heterocycles.